The van der Waals surface area contributed by atoms with Gasteiger partial charge in [0.1, 0.15) is 5.75 Å². The van der Waals surface area contributed by atoms with E-state index in [0.717, 1.165) is 29.8 Å². The minimum absolute atomic E-state index is 0.0460. The van der Waals surface area contributed by atoms with Gasteiger partial charge in [0.05, 0.1) is 18.4 Å². The molecule has 4 rings (SSSR count). The zero-order chi connectivity index (χ0) is 23.8. The van der Waals surface area contributed by atoms with E-state index in [1.54, 1.807) is 19.4 Å². The van der Waals surface area contributed by atoms with E-state index in [1.165, 1.54) is 0 Å². The Bertz CT molecular complexity index is 1110. The topological polar surface area (TPSA) is 83.4 Å². The van der Waals surface area contributed by atoms with Gasteiger partial charge in [0.2, 0.25) is 5.88 Å². The van der Waals surface area contributed by atoms with Crippen LogP contribution in [0, 0.1) is 0 Å². The van der Waals surface area contributed by atoms with Gasteiger partial charge < -0.3 is 20.1 Å². The fourth-order valence-corrected chi connectivity index (χ4v) is 5.11. The maximum Gasteiger partial charge on any atom is 0.213 e. The standard InChI is InChI=1S/C26H33N5O2/c1-25(2)15-18(16-26(3,4)30-25)31(5)22-11-10-20(28-29-22)24-19(8-7-9-21(24)32)17-12-13-27-23(14-17)33-6/h7-14,18,30,32H,15-16H2,1-6H3. The molecular weight excluding hydrogens is 414 g/mol. The molecule has 0 saturated carbocycles. The number of ether oxygens (including phenoxy) is 1. The number of methoxy groups -OCH3 is 1. The minimum Gasteiger partial charge on any atom is -0.507 e. The van der Waals surface area contributed by atoms with Gasteiger partial charge >= 0.3 is 0 Å². The predicted molar refractivity (Wildman–Crippen MR) is 132 cm³/mol. The van der Waals surface area contributed by atoms with Crippen molar-refractivity contribution in [3.05, 3.63) is 48.7 Å². The van der Waals surface area contributed by atoms with Gasteiger partial charge in [-0.1, -0.05) is 12.1 Å². The number of piperidine rings is 1. The SMILES string of the molecule is COc1cc(-c2cccc(O)c2-c2ccc(N(C)C3CC(C)(C)NC(C)(C)C3)nn2)ccn1. The summed E-state index contributed by atoms with van der Waals surface area (Å²) in [6.45, 7) is 8.99. The summed E-state index contributed by atoms with van der Waals surface area (Å²) in [6, 6.07) is 13.4. The maximum absolute atomic E-state index is 10.7. The van der Waals surface area contributed by atoms with E-state index in [4.69, 9.17) is 4.74 Å². The number of phenolic OH excluding ortho intramolecular Hbond substituents is 1. The number of benzene rings is 1. The Balaban J connectivity index is 1.65. The van der Waals surface area contributed by atoms with E-state index in [-0.39, 0.29) is 16.8 Å². The van der Waals surface area contributed by atoms with Gasteiger partial charge in [-0.25, -0.2) is 4.98 Å². The highest BCUT2D eigenvalue weighted by molar-refractivity contribution is 5.86. The van der Waals surface area contributed by atoms with Gasteiger partial charge in [-0.05, 0) is 75.9 Å². The molecule has 0 aliphatic carbocycles. The minimum atomic E-state index is 0.0460. The van der Waals surface area contributed by atoms with Crippen LogP contribution in [-0.4, -0.2) is 51.6 Å². The molecule has 2 N–H and O–H groups in total. The van der Waals surface area contributed by atoms with Crippen molar-refractivity contribution in [2.45, 2.75) is 57.7 Å². The van der Waals surface area contributed by atoms with Crippen LogP contribution in [-0.2, 0) is 0 Å². The monoisotopic (exact) mass is 447 g/mol. The van der Waals surface area contributed by atoms with Crippen molar-refractivity contribution in [3.8, 4) is 34.0 Å². The summed E-state index contributed by atoms with van der Waals surface area (Å²) in [5.41, 5.74) is 3.07. The second-order valence-electron chi connectivity index (χ2n) is 10.1. The zero-order valence-electron chi connectivity index (χ0n) is 20.3. The number of aromatic hydroxyl groups is 1. The highest BCUT2D eigenvalue weighted by Gasteiger charge is 2.39. The third-order valence-corrected chi connectivity index (χ3v) is 6.28. The van der Waals surface area contributed by atoms with Gasteiger partial charge in [0, 0.05) is 36.4 Å². The average Bonchev–Trinajstić information content (AvgIpc) is 2.76. The first-order valence-electron chi connectivity index (χ1n) is 11.3. The third kappa shape index (κ3) is 4.93. The molecule has 1 aliphatic rings. The van der Waals surface area contributed by atoms with Crippen molar-refractivity contribution >= 4 is 5.82 Å². The lowest BCUT2D eigenvalue weighted by molar-refractivity contribution is 0.160. The van der Waals surface area contributed by atoms with Gasteiger partial charge in [-0.15, -0.1) is 10.2 Å². The van der Waals surface area contributed by atoms with Crippen LogP contribution in [0.3, 0.4) is 0 Å². The molecule has 0 unspecified atom stereocenters. The Labute approximate surface area is 195 Å². The van der Waals surface area contributed by atoms with Crippen LogP contribution >= 0.6 is 0 Å². The molecule has 1 saturated heterocycles. The molecule has 33 heavy (non-hydrogen) atoms. The van der Waals surface area contributed by atoms with E-state index in [0.29, 0.717) is 23.2 Å². The molecule has 1 fully saturated rings. The van der Waals surface area contributed by atoms with Crippen molar-refractivity contribution in [2.24, 2.45) is 0 Å². The second-order valence-corrected chi connectivity index (χ2v) is 10.1. The second kappa shape index (κ2) is 8.63. The fraction of sp³-hybridized carbons (Fsp3) is 0.423. The molecule has 3 aromatic rings. The van der Waals surface area contributed by atoms with Crippen molar-refractivity contribution < 1.29 is 9.84 Å². The van der Waals surface area contributed by atoms with Crippen LogP contribution in [0.1, 0.15) is 40.5 Å². The normalized spacial score (nSPS) is 17.5. The number of hydrogen-bond donors (Lipinski definition) is 2. The molecule has 0 bridgehead atoms. The summed E-state index contributed by atoms with van der Waals surface area (Å²) in [5, 5.41) is 23.5. The van der Waals surface area contributed by atoms with Gasteiger partial charge in [-0.2, -0.15) is 0 Å². The van der Waals surface area contributed by atoms with Crippen molar-refractivity contribution in [3.63, 3.8) is 0 Å². The Morgan fingerprint density at radius 3 is 2.39 bits per heavy atom. The number of anilines is 1. The highest BCUT2D eigenvalue weighted by Crippen LogP contribution is 2.39. The summed E-state index contributed by atoms with van der Waals surface area (Å²) in [6.07, 6.45) is 3.72. The first kappa shape index (κ1) is 23.0. The Hall–Kier alpha value is -3.19. The van der Waals surface area contributed by atoms with Crippen LogP contribution < -0.4 is 15.0 Å². The number of rotatable bonds is 5. The molecule has 3 heterocycles. The number of nitrogens with zero attached hydrogens (tertiary/aromatic N) is 4. The molecular formula is C26H33N5O2. The van der Waals surface area contributed by atoms with Gasteiger partial charge in [0.25, 0.3) is 0 Å². The number of aromatic nitrogens is 3. The first-order chi connectivity index (χ1) is 15.6. The molecule has 0 spiro atoms. The summed E-state index contributed by atoms with van der Waals surface area (Å²) >= 11 is 0. The van der Waals surface area contributed by atoms with E-state index in [9.17, 15) is 5.11 Å². The first-order valence-corrected chi connectivity index (χ1v) is 11.3. The van der Waals surface area contributed by atoms with Crippen LogP contribution in [0.4, 0.5) is 5.82 Å². The fourth-order valence-electron chi connectivity index (χ4n) is 5.11. The molecule has 7 heteroatoms. The molecule has 1 aromatic carbocycles. The van der Waals surface area contributed by atoms with Crippen LogP contribution in [0.25, 0.3) is 22.4 Å². The lowest BCUT2D eigenvalue weighted by Crippen LogP contribution is -2.62. The largest absolute Gasteiger partial charge is 0.507 e. The quantitative estimate of drug-likeness (QED) is 0.588. The lowest BCUT2D eigenvalue weighted by Gasteiger charge is -2.49. The van der Waals surface area contributed by atoms with E-state index in [2.05, 4.69) is 60.1 Å². The van der Waals surface area contributed by atoms with E-state index < -0.39 is 0 Å². The highest BCUT2D eigenvalue weighted by atomic mass is 16.5. The van der Waals surface area contributed by atoms with Gasteiger partial charge in [0.15, 0.2) is 5.82 Å². The molecule has 0 radical (unpaired) electrons. The van der Waals surface area contributed by atoms with Crippen molar-refractivity contribution in [1.82, 2.24) is 20.5 Å². The van der Waals surface area contributed by atoms with Crippen molar-refractivity contribution in [2.75, 3.05) is 19.1 Å². The van der Waals surface area contributed by atoms with Gasteiger partial charge in [-0.3, -0.25) is 0 Å². The van der Waals surface area contributed by atoms with Crippen molar-refractivity contribution in [1.29, 1.82) is 0 Å². The third-order valence-electron chi connectivity index (χ3n) is 6.28. The van der Waals surface area contributed by atoms with E-state index in [1.807, 2.05) is 36.4 Å². The molecule has 0 amide bonds. The molecule has 1 aliphatic heterocycles. The maximum atomic E-state index is 10.7. The van der Waals surface area contributed by atoms with Crippen LogP contribution in [0.2, 0.25) is 0 Å². The zero-order valence-corrected chi connectivity index (χ0v) is 20.3. The summed E-state index contributed by atoms with van der Waals surface area (Å²) in [4.78, 5) is 6.40. The smallest absolute Gasteiger partial charge is 0.213 e. The lowest BCUT2D eigenvalue weighted by atomic mass is 9.79. The Kier molecular flexibility index (Phi) is 6.01. The number of nitrogens with one attached hydrogen (secondary N) is 1. The number of pyridine rings is 1. The average molecular weight is 448 g/mol. The number of hydrogen-bond acceptors (Lipinski definition) is 7. The van der Waals surface area contributed by atoms with E-state index >= 15 is 0 Å². The Morgan fingerprint density at radius 1 is 1.03 bits per heavy atom. The summed E-state index contributed by atoms with van der Waals surface area (Å²) in [5.74, 6) is 1.48. The summed E-state index contributed by atoms with van der Waals surface area (Å²) in [7, 11) is 3.67. The van der Waals surface area contributed by atoms with Crippen LogP contribution in [0.5, 0.6) is 11.6 Å². The Morgan fingerprint density at radius 2 is 1.76 bits per heavy atom. The number of phenols is 1. The molecule has 7 nitrogen and oxygen atoms in total. The summed E-state index contributed by atoms with van der Waals surface area (Å²) < 4.78 is 5.27. The predicted octanol–water partition coefficient (Wildman–Crippen LogP) is 4.67. The molecule has 0 atom stereocenters. The van der Waals surface area contributed by atoms with Crippen LogP contribution in [0.15, 0.2) is 48.7 Å². The molecule has 174 valence electrons. The molecule has 2 aromatic heterocycles.